The van der Waals surface area contributed by atoms with Gasteiger partial charge < -0.3 is 0 Å². The first kappa shape index (κ1) is 32.7. The van der Waals surface area contributed by atoms with Crippen LogP contribution in [-0.2, 0) is 28.1 Å². The molecule has 0 spiro atoms. The zero-order valence-corrected chi connectivity index (χ0v) is 30.2. The van der Waals surface area contributed by atoms with E-state index < -0.39 is 0 Å². The van der Waals surface area contributed by atoms with Gasteiger partial charge in [-0.2, -0.15) is 0 Å². The quantitative estimate of drug-likeness (QED) is 0.196. The van der Waals surface area contributed by atoms with Gasteiger partial charge in [0.05, 0.1) is 5.69 Å². The molecule has 0 aliphatic heterocycles. The summed E-state index contributed by atoms with van der Waals surface area (Å²) in [5, 5.41) is 0. The van der Waals surface area contributed by atoms with Crippen molar-refractivity contribution in [2.75, 3.05) is 0 Å². The molecule has 6 rings (SSSR count). The molecule has 2 heterocycles. The van der Waals surface area contributed by atoms with Crippen molar-refractivity contribution in [3.8, 4) is 45.4 Å². The second-order valence-electron chi connectivity index (χ2n) is 16.7. The predicted molar refractivity (Wildman–Crippen MR) is 197 cm³/mol. The molecule has 0 saturated heterocycles. The summed E-state index contributed by atoms with van der Waals surface area (Å²) >= 11 is 0. The number of pyridine rings is 1. The molecule has 0 atom stereocenters. The summed E-state index contributed by atoms with van der Waals surface area (Å²) in [7, 11) is 0. The van der Waals surface area contributed by atoms with Gasteiger partial charge in [0.1, 0.15) is 0 Å². The predicted octanol–water partition coefficient (Wildman–Crippen LogP) is 11.1. The van der Waals surface area contributed by atoms with Gasteiger partial charge in [-0.05, 0) is 74.5 Å². The molecule has 47 heavy (non-hydrogen) atoms. The molecule has 0 saturated carbocycles. The van der Waals surface area contributed by atoms with Crippen LogP contribution < -0.4 is 0 Å². The summed E-state index contributed by atoms with van der Waals surface area (Å²) in [5.41, 5.74) is 12.1. The molecule has 3 aromatic carbocycles. The fourth-order valence-corrected chi connectivity index (χ4v) is 7.29. The Morgan fingerprint density at radius 3 is 1.53 bits per heavy atom. The Labute approximate surface area is 282 Å². The second-order valence-corrected chi connectivity index (χ2v) is 16.7. The van der Waals surface area contributed by atoms with Crippen LogP contribution in [0.25, 0.3) is 45.4 Å². The Morgan fingerprint density at radius 1 is 0.574 bits per heavy atom. The molecular formula is C43H50N4. The Kier molecular flexibility index (Phi) is 8.02. The summed E-state index contributed by atoms with van der Waals surface area (Å²) in [6.45, 7) is 25.0. The van der Waals surface area contributed by atoms with Crippen molar-refractivity contribution in [3.05, 3.63) is 107 Å². The third-order valence-electron chi connectivity index (χ3n) is 9.92. The molecule has 4 heteroatoms. The molecule has 0 bridgehead atoms. The number of fused-ring (bicyclic) bond motifs is 1. The summed E-state index contributed by atoms with van der Waals surface area (Å²) in [4.78, 5) is 20.2. The average Bonchev–Trinajstić information content (AvgIpc) is 3.22. The maximum absolute atomic E-state index is 5.08. The van der Waals surface area contributed by atoms with Gasteiger partial charge >= 0.3 is 0 Å². The van der Waals surface area contributed by atoms with E-state index >= 15 is 0 Å². The number of aryl methyl sites for hydroxylation is 1. The van der Waals surface area contributed by atoms with Crippen molar-refractivity contribution < 1.29 is 0 Å². The van der Waals surface area contributed by atoms with Crippen LogP contribution in [-0.4, -0.2) is 19.9 Å². The van der Waals surface area contributed by atoms with Gasteiger partial charge in [-0.15, -0.1) is 0 Å². The molecular weight excluding hydrogens is 573 g/mol. The highest BCUT2D eigenvalue weighted by atomic mass is 15.0. The van der Waals surface area contributed by atoms with Crippen LogP contribution in [0.1, 0.15) is 110 Å². The van der Waals surface area contributed by atoms with Crippen molar-refractivity contribution in [3.63, 3.8) is 0 Å². The van der Waals surface area contributed by atoms with E-state index in [1.807, 2.05) is 6.20 Å². The first-order chi connectivity index (χ1) is 22.0. The van der Waals surface area contributed by atoms with Crippen LogP contribution in [0.15, 0.2) is 79.0 Å². The summed E-state index contributed by atoms with van der Waals surface area (Å²) in [6.07, 6.45) is 3.95. The minimum absolute atomic E-state index is 0.0665. The van der Waals surface area contributed by atoms with Crippen LogP contribution in [0.5, 0.6) is 0 Å². The number of hydrogen-bond acceptors (Lipinski definition) is 4. The van der Waals surface area contributed by atoms with Crippen molar-refractivity contribution in [2.45, 2.75) is 111 Å². The standard InChI is InChI=1S/C43H50N4/c1-12-27-24-36(30-17-22-34-35(23-30)43(10,11)26-42(34,8)9)44-25-33(27)39-46-37(28-13-18-31(19-14-28)40(2,3)4)45-38(47-39)29-15-20-32(21-16-29)41(5,6)7/h13-25H,12,26H2,1-11H3. The van der Waals surface area contributed by atoms with E-state index in [0.29, 0.717) is 17.5 Å². The lowest BCUT2D eigenvalue weighted by Crippen LogP contribution is -2.17. The van der Waals surface area contributed by atoms with Gasteiger partial charge in [0.25, 0.3) is 0 Å². The maximum atomic E-state index is 5.08. The van der Waals surface area contributed by atoms with Crippen LogP contribution in [0.4, 0.5) is 0 Å². The first-order valence-corrected chi connectivity index (χ1v) is 17.1. The number of rotatable bonds is 5. The van der Waals surface area contributed by atoms with Gasteiger partial charge in [-0.25, -0.2) is 15.0 Å². The molecule has 0 fully saturated rings. The zero-order valence-electron chi connectivity index (χ0n) is 30.2. The lowest BCUT2D eigenvalue weighted by Gasteiger charge is -2.22. The molecule has 0 N–H and O–H groups in total. The Hall–Kier alpha value is -4.18. The normalized spacial score (nSPS) is 15.5. The van der Waals surface area contributed by atoms with E-state index in [0.717, 1.165) is 40.8 Å². The lowest BCUT2D eigenvalue weighted by molar-refractivity contribution is 0.403. The molecule has 1 aliphatic carbocycles. The van der Waals surface area contributed by atoms with Crippen LogP contribution in [0.2, 0.25) is 0 Å². The molecule has 4 nitrogen and oxygen atoms in total. The van der Waals surface area contributed by atoms with E-state index in [4.69, 9.17) is 19.9 Å². The van der Waals surface area contributed by atoms with Crippen LogP contribution >= 0.6 is 0 Å². The maximum Gasteiger partial charge on any atom is 0.165 e. The van der Waals surface area contributed by atoms with Crippen molar-refractivity contribution in [1.29, 1.82) is 0 Å². The van der Waals surface area contributed by atoms with Gasteiger partial charge in [-0.3, -0.25) is 4.98 Å². The number of nitrogens with zero attached hydrogens (tertiary/aromatic N) is 4. The van der Waals surface area contributed by atoms with Gasteiger partial charge in [0, 0.05) is 28.5 Å². The summed E-state index contributed by atoms with van der Waals surface area (Å²) < 4.78 is 0. The van der Waals surface area contributed by atoms with Crippen LogP contribution in [0.3, 0.4) is 0 Å². The van der Waals surface area contributed by atoms with E-state index in [-0.39, 0.29) is 21.7 Å². The van der Waals surface area contributed by atoms with E-state index in [9.17, 15) is 0 Å². The van der Waals surface area contributed by atoms with Gasteiger partial charge in [-0.1, -0.05) is 137 Å². The topological polar surface area (TPSA) is 51.6 Å². The summed E-state index contributed by atoms with van der Waals surface area (Å²) in [6, 6.07) is 26.4. The monoisotopic (exact) mass is 622 g/mol. The highest BCUT2D eigenvalue weighted by molar-refractivity contribution is 5.71. The van der Waals surface area contributed by atoms with E-state index in [1.165, 1.54) is 27.8 Å². The Bertz CT molecular complexity index is 1860. The third kappa shape index (κ3) is 6.40. The highest BCUT2D eigenvalue weighted by Crippen LogP contribution is 2.50. The highest BCUT2D eigenvalue weighted by Gasteiger charge is 2.41. The largest absolute Gasteiger partial charge is 0.255 e. The average molecular weight is 623 g/mol. The van der Waals surface area contributed by atoms with E-state index in [2.05, 4.69) is 149 Å². The Balaban J connectivity index is 1.46. The second kappa shape index (κ2) is 11.5. The minimum Gasteiger partial charge on any atom is -0.255 e. The summed E-state index contributed by atoms with van der Waals surface area (Å²) in [5.74, 6) is 1.98. The molecule has 5 aromatic rings. The van der Waals surface area contributed by atoms with Crippen molar-refractivity contribution >= 4 is 0 Å². The lowest BCUT2D eigenvalue weighted by atomic mass is 9.82. The number of hydrogen-bond donors (Lipinski definition) is 0. The minimum atomic E-state index is 0.0665. The smallest absolute Gasteiger partial charge is 0.165 e. The van der Waals surface area contributed by atoms with Gasteiger partial charge in [0.15, 0.2) is 17.5 Å². The molecule has 1 aliphatic rings. The van der Waals surface area contributed by atoms with Crippen molar-refractivity contribution in [1.82, 2.24) is 19.9 Å². The van der Waals surface area contributed by atoms with Crippen LogP contribution in [0, 0.1) is 0 Å². The third-order valence-corrected chi connectivity index (χ3v) is 9.92. The van der Waals surface area contributed by atoms with Crippen molar-refractivity contribution in [2.24, 2.45) is 0 Å². The number of benzene rings is 3. The SMILES string of the molecule is CCc1cc(-c2ccc3c(c2)C(C)(C)CC3(C)C)ncc1-c1nc(-c2ccc(C(C)(C)C)cc2)nc(-c2ccc(C(C)(C)C)cc2)n1. The fourth-order valence-electron chi connectivity index (χ4n) is 7.29. The van der Waals surface area contributed by atoms with Gasteiger partial charge in [0.2, 0.25) is 0 Å². The zero-order chi connectivity index (χ0) is 33.9. The molecule has 0 radical (unpaired) electrons. The first-order valence-electron chi connectivity index (χ1n) is 17.1. The molecule has 242 valence electrons. The molecule has 0 unspecified atom stereocenters. The number of aromatic nitrogens is 4. The molecule has 0 amide bonds. The molecule has 2 aromatic heterocycles. The Morgan fingerprint density at radius 2 is 1.04 bits per heavy atom. The van der Waals surface area contributed by atoms with E-state index in [1.54, 1.807) is 0 Å². The fraction of sp³-hybridized carbons (Fsp3) is 0.395.